The third-order valence-corrected chi connectivity index (χ3v) is 3.22. The summed E-state index contributed by atoms with van der Waals surface area (Å²) in [6, 6.07) is 1.34. The third-order valence-electron chi connectivity index (χ3n) is 3.22. The molecule has 0 saturated carbocycles. The van der Waals surface area contributed by atoms with Crippen molar-refractivity contribution < 1.29 is 23.2 Å². The Kier molecular flexibility index (Phi) is 4.15. The van der Waals surface area contributed by atoms with Gasteiger partial charge in [-0.05, 0) is 12.5 Å². The molecular weight excluding hydrogens is 284 g/mol. The maximum atomic E-state index is 13.6. The highest BCUT2D eigenvalue weighted by molar-refractivity contribution is 5.97. The number of nitrogens with one attached hydrogen (secondary N) is 2. The van der Waals surface area contributed by atoms with Crippen molar-refractivity contribution in [1.82, 2.24) is 5.32 Å². The molecule has 4 N–H and O–H groups in total. The minimum atomic E-state index is -1.09. The predicted octanol–water partition coefficient (Wildman–Crippen LogP) is 0.528. The van der Waals surface area contributed by atoms with Crippen LogP contribution < -0.4 is 16.4 Å². The number of primary amides is 1. The fourth-order valence-corrected chi connectivity index (χ4v) is 2.02. The Bertz CT molecular complexity index is 609. The van der Waals surface area contributed by atoms with E-state index in [1.807, 2.05) is 0 Å². The van der Waals surface area contributed by atoms with Crippen LogP contribution in [0.25, 0.3) is 0 Å². The molecule has 1 atom stereocenters. The lowest BCUT2D eigenvalue weighted by Gasteiger charge is -2.21. The molecule has 1 saturated heterocycles. The highest BCUT2D eigenvalue weighted by Gasteiger charge is 2.25. The lowest BCUT2D eigenvalue weighted by atomic mass is 9.98. The summed E-state index contributed by atoms with van der Waals surface area (Å²) in [5.74, 6) is -4.34. The van der Waals surface area contributed by atoms with Crippen LogP contribution >= 0.6 is 0 Å². The number of carbonyl (C=O) groups excluding carboxylic acids is 3. The van der Waals surface area contributed by atoms with E-state index in [0.717, 1.165) is 6.07 Å². The first-order valence-electron chi connectivity index (χ1n) is 6.25. The van der Waals surface area contributed by atoms with Gasteiger partial charge >= 0.3 is 0 Å². The minimum Gasteiger partial charge on any atom is -0.366 e. The first-order chi connectivity index (χ1) is 9.88. The molecule has 0 bridgehead atoms. The standard InChI is InChI=1S/C13H13F2N3O3/c14-8-4-9(15)10(3-7(8)12(16)20)18-13(21)6-1-2-11(19)17-5-6/h3-4,6H,1-2,5H2,(H2,16,20)(H,17,19)(H,18,21). The van der Waals surface area contributed by atoms with E-state index in [2.05, 4.69) is 10.6 Å². The maximum Gasteiger partial charge on any atom is 0.251 e. The molecule has 1 fully saturated rings. The monoisotopic (exact) mass is 297 g/mol. The summed E-state index contributed by atoms with van der Waals surface area (Å²) >= 11 is 0. The van der Waals surface area contributed by atoms with Gasteiger partial charge in [-0.1, -0.05) is 0 Å². The van der Waals surface area contributed by atoms with Gasteiger partial charge in [0.1, 0.15) is 11.6 Å². The van der Waals surface area contributed by atoms with E-state index < -0.39 is 34.9 Å². The minimum absolute atomic E-state index is 0.149. The van der Waals surface area contributed by atoms with Gasteiger partial charge in [-0.3, -0.25) is 14.4 Å². The van der Waals surface area contributed by atoms with Crippen LogP contribution in [0.3, 0.4) is 0 Å². The van der Waals surface area contributed by atoms with E-state index in [0.29, 0.717) is 12.5 Å². The van der Waals surface area contributed by atoms with Gasteiger partial charge in [0.15, 0.2) is 0 Å². The van der Waals surface area contributed by atoms with Crippen molar-refractivity contribution in [2.45, 2.75) is 12.8 Å². The number of halogens is 2. The molecule has 2 rings (SSSR count). The normalized spacial score (nSPS) is 18.0. The summed E-state index contributed by atoms with van der Waals surface area (Å²) in [5.41, 5.74) is 4.12. The Balaban J connectivity index is 2.15. The van der Waals surface area contributed by atoms with E-state index in [1.165, 1.54) is 0 Å². The number of hydrogen-bond acceptors (Lipinski definition) is 3. The van der Waals surface area contributed by atoms with E-state index in [1.54, 1.807) is 0 Å². The molecule has 0 aliphatic carbocycles. The Morgan fingerprint density at radius 3 is 2.57 bits per heavy atom. The fraction of sp³-hybridized carbons (Fsp3) is 0.308. The zero-order valence-corrected chi connectivity index (χ0v) is 10.9. The summed E-state index contributed by atoms with van der Waals surface area (Å²) in [6.45, 7) is 0.149. The fourth-order valence-electron chi connectivity index (χ4n) is 2.02. The summed E-state index contributed by atoms with van der Waals surface area (Å²) in [6.07, 6.45) is 0.541. The second kappa shape index (κ2) is 5.86. The lowest BCUT2D eigenvalue weighted by Crippen LogP contribution is -2.40. The first-order valence-corrected chi connectivity index (χ1v) is 6.25. The van der Waals surface area contributed by atoms with Gasteiger partial charge < -0.3 is 16.4 Å². The maximum absolute atomic E-state index is 13.6. The van der Waals surface area contributed by atoms with Crippen molar-refractivity contribution in [3.63, 3.8) is 0 Å². The summed E-state index contributed by atoms with van der Waals surface area (Å²) in [4.78, 5) is 34.0. The molecule has 0 spiro atoms. The van der Waals surface area contributed by atoms with Crippen LogP contribution in [0.1, 0.15) is 23.2 Å². The Labute approximate surface area is 118 Å². The molecule has 112 valence electrons. The number of nitrogens with two attached hydrogens (primary N) is 1. The van der Waals surface area contributed by atoms with E-state index in [4.69, 9.17) is 5.73 Å². The number of benzene rings is 1. The summed E-state index contributed by atoms with van der Waals surface area (Å²) in [5, 5.41) is 4.80. The Morgan fingerprint density at radius 2 is 2.00 bits per heavy atom. The quantitative estimate of drug-likeness (QED) is 0.758. The van der Waals surface area contributed by atoms with Crippen LogP contribution in [0.4, 0.5) is 14.5 Å². The highest BCUT2D eigenvalue weighted by atomic mass is 19.1. The van der Waals surface area contributed by atoms with Gasteiger partial charge in [0.25, 0.3) is 5.91 Å². The number of amides is 3. The van der Waals surface area contributed by atoms with Crippen molar-refractivity contribution in [2.75, 3.05) is 11.9 Å². The topological polar surface area (TPSA) is 101 Å². The van der Waals surface area contributed by atoms with Gasteiger partial charge in [0, 0.05) is 19.0 Å². The first kappa shape index (κ1) is 14.9. The number of rotatable bonds is 3. The van der Waals surface area contributed by atoms with Crippen LogP contribution in [-0.2, 0) is 9.59 Å². The van der Waals surface area contributed by atoms with Crippen molar-refractivity contribution in [3.8, 4) is 0 Å². The second-order valence-corrected chi connectivity index (χ2v) is 4.71. The second-order valence-electron chi connectivity index (χ2n) is 4.71. The van der Waals surface area contributed by atoms with E-state index in [9.17, 15) is 23.2 Å². The zero-order chi connectivity index (χ0) is 15.6. The molecule has 1 unspecified atom stereocenters. The number of anilines is 1. The van der Waals surface area contributed by atoms with Gasteiger partial charge in [0.2, 0.25) is 11.8 Å². The van der Waals surface area contributed by atoms with Crippen molar-refractivity contribution in [3.05, 3.63) is 29.3 Å². The molecule has 0 radical (unpaired) electrons. The van der Waals surface area contributed by atoms with E-state index >= 15 is 0 Å². The van der Waals surface area contributed by atoms with Crippen LogP contribution in [0.15, 0.2) is 12.1 Å². The van der Waals surface area contributed by atoms with Gasteiger partial charge in [-0.25, -0.2) is 8.78 Å². The van der Waals surface area contributed by atoms with Crippen molar-refractivity contribution in [2.24, 2.45) is 11.7 Å². The molecule has 1 aliphatic heterocycles. The van der Waals surface area contributed by atoms with Gasteiger partial charge in [-0.15, -0.1) is 0 Å². The zero-order valence-electron chi connectivity index (χ0n) is 10.9. The molecule has 3 amide bonds. The molecule has 21 heavy (non-hydrogen) atoms. The largest absolute Gasteiger partial charge is 0.366 e. The molecule has 1 aromatic carbocycles. The smallest absolute Gasteiger partial charge is 0.251 e. The van der Waals surface area contributed by atoms with Crippen molar-refractivity contribution >= 4 is 23.4 Å². The number of hydrogen-bond donors (Lipinski definition) is 3. The summed E-state index contributed by atoms with van der Waals surface area (Å²) in [7, 11) is 0. The molecule has 1 aromatic rings. The highest BCUT2D eigenvalue weighted by Crippen LogP contribution is 2.21. The predicted molar refractivity (Wildman–Crippen MR) is 69.2 cm³/mol. The van der Waals surface area contributed by atoms with Crippen LogP contribution in [0.2, 0.25) is 0 Å². The summed E-state index contributed by atoms with van der Waals surface area (Å²) < 4.78 is 26.9. The van der Waals surface area contributed by atoms with Gasteiger partial charge in [-0.2, -0.15) is 0 Å². The number of carbonyl (C=O) groups is 3. The molecule has 1 heterocycles. The SMILES string of the molecule is NC(=O)c1cc(NC(=O)C2CCC(=O)NC2)c(F)cc1F. The average molecular weight is 297 g/mol. The molecule has 1 aliphatic rings. The molecule has 8 heteroatoms. The third kappa shape index (κ3) is 3.33. The van der Waals surface area contributed by atoms with E-state index in [-0.39, 0.29) is 24.6 Å². The Morgan fingerprint density at radius 1 is 1.29 bits per heavy atom. The molecule has 6 nitrogen and oxygen atoms in total. The molecule has 0 aromatic heterocycles. The Hall–Kier alpha value is -2.51. The van der Waals surface area contributed by atoms with Crippen molar-refractivity contribution in [1.29, 1.82) is 0 Å². The van der Waals surface area contributed by atoms with Gasteiger partial charge in [0.05, 0.1) is 17.2 Å². The van der Waals surface area contributed by atoms with Crippen LogP contribution in [-0.4, -0.2) is 24.3 Å². The van der Waals surface area contributed by atoms with Crippen LogP contribution in [0.5, 0.6) is 0 Å². The molecular formula is C13H13F2N3O3. The lowest BCUT2D eigenvalue weighted by molar-refractivity contribution is -0.126. The van der Waals surface area contributed by atoms with Crippen LogP contribution in [0, 0.1) is 17.6 Å². The average Bonchev–Trinajstić information content (AvgIpc) is 2.42. The number of piperidine rings is 1.